The van der Waals surface area contributed by atoms with Gasteiger partial charge in [0.15, 0.2) is 0 Å². The lowest BCUT2D eigenvalue weighted by molar-refractivity contribution is 0.0639. The van der Waals surface area contributed by atoms with Gasteiger partial charge in [-0.15, -0.1) is 0 Å². The van der Waals surface area contributed by atoms with Crippen LogP contribution in [0, 0.1) is 0 Å². The Bertz CT molecular complexity index is 135. The van der Waals surface area contributed by atoms with Gasteiger partial charge in [-0.1, -0.05) is 6.58 Å². The molecule has 0 atom stereocenters. The van der Waals surface area contributed by atoms with Crippen LogP contribution in [0.4, 0.5) is 8.78 Å². The molecule has 0 bridgehead atoms. The maximum atomic E-state index is 11.6. The molecule has 0 unspecified atom stereocenters. The molecule has 0 saturated carbocycles. The molecule has 8 heavy (non-hydrogen) atoms. The van der Waals surface area contributed by atoms with E-state index in [1.807, 2.05) is 4.91 Å². The number of hydrogen-bond donors (Lipinski definition) is 0. The average Bonchev–Trinajstić information content (AvgIpc) is 1.67. The summed E-state index contributed by atoms with van der Waals surface area (Å²) in [4.78, 5) is 1.88. The SMILES string of the molecule is C=CC(F)(F)N=[N+]=[N-]. The van der Waals surface area contributed by atoms with Gasteiger partial charge < -0.3 is 0 Å². The average molecular weight is 119 g/mol. The Morgan fingerprint density at radius 2 is 2.25 bits per heavy atom. The number of halogens is 2. The molecular formula is C3H3F2N3. The van der Waals surface area contributed by atoms with Crippen molar-refractivity contribution in [2.24, 2.45) is 5.11 Å². The molecule has 0 aromatic rings. The summed E-state index contributed by atoms with van der Waals surface area (Å²) in [6.07, 6.45) is 0.271. The second-order valence-corrected chi connectivity index (χ2v) is 0.981. The molecule has 0 amide bonds. The van der Waals surface area contributed by atoms with Gasteiger partial charge in [-0.2, -0.15) is 8.78 Å². The van der Waals surface area contributed by atoms with E-state index in [0.29, 0.717) is 0 Å². The highest BCUT2D eigenvalue weighted by atomic mass is 19.3. The van der Waals surface area contributed by atoms with Gasteiger partial charge in [0, 0.05) is 4.91 Å². The van der Waals surface area contributed by atoms with Crippen molar-refractivity contribution < 1.29 is 8.78 Å². The zero-order chi connectivity index (χ0) is 6.62. The first-order valence-corrected chi connectivity index (χ1v) is 1.70. The van der Waals surface area contributed by atoms with E-state index in [2.05, 4.69) is 11.7 Å². The first-order valence-electron chi connectivity index (χ1n) is 1.70. The number of alkyl halides is 2. The normalized spacial score (nSPS) is 9.75. The number of nitrogens with zero attached hydrogens (tertiary/aromatic N) is 3. The van der Waals surface area contributed by atoms with E-state index in [1.165, 1.54) is 0 Å². The summed E-state index contributed by atoms with van der Waals surface area (Å²) in [6, 6.07) is -3.44. The molecule has 5 heteroatoms. The smallest absolute Gasteiger partial charge is 0.195 e. The van der Waals surface area contributed by atoms with Crippen molar-refractivity contribution in [3.8, 4) is 0 Å². The fourth-order valence-electron chi connectivity index (χ4n) is 0.100. The van der Waals surface area contributed by atoms with Gasteiger partial charge >= 0.3 is 6.05 Å². The minimum absolute atomic E-state index is 0.271. The minimum atomic E-state index is -3.44. The first kappa shape index (κ1) is 6.91. The zero-order valence-corrected chi connectivity index (χ0v) is 3.88. The third kappa shape index (κ3) is 2.15. The fourth-order valence-corrected chi connectivity index (χ4v) is 0.100. The van der Waals surface area contributed by atoms with Crippen LogP contribution in [-0.4, -0.2) is 6.05 Å². The Morgan fingerprint density at radius 3 is 2.38 bits per heavy atom. The molecule has 0 N–H and O–H groups in total. The zero-order valence-electron chi connectivity index (χ0n) is 3.88. The van der Waals surface area contributed by atoms with Gasteiger partial charge in [-0.3, -0.25) is 0 Å². The maximum Gasteiger partial charge on any atom is 0.344 e. The topological polar surface area (TPSA) is 48.8 Å². The second-order valence-electron chi connectivity index (χ2n) is 0.981. The van der Waals surface area contributed by atoms with Gasteiger partial charge in [-0.05, 0) is 16.7 Å². The standard InChI is InChI=1S/C3H3F2N3/c1-2-3(4,5)7-8-6/h2H,1H2. The van der Waals surface area contributed by atoms with Gasteiger partial charge in [0.1, 0.15) is 0 Å². The Balaban J connectivity index is 4.11. The molecule has 0 radical (unpaired) electrons. The molecule has 0 aromatic carbocycles. The van der Waals surface area contributed by atoms with E-state index in [1.54, 1.807) is 0 Å². The summed E-state index contributed by atoms with van der Waals surface area (Å²) >= 11 is 0. The lowest BCUT2D eigenvalue weighted by Crippen LogP contribution is -2.03. The summed E-state index contributed by atoms with van der Waals surface area (Å²) < 4.78 is 23.2. The molecular weight excluding hydrogens is 116 g/mol. The lowest BCUT2D eigenvalue weighted by Gasteiger charge is -1.97. The molecule has 0 aliphatic carbocycles. The van der Waals surface area contributed by atoms with E-state index >= 15 is 0 Å². The van der Waals surface area contributed by atoms with Crippen LogP contribution in [0.15, 0.2) is 17.8 Å². The van der Waals surface area contributed by atoms with Crippen molar-refractivity contribution in [3.05, 3.63) is 23.1 Å². The third-order valence-electron chi connectivity index (χ3n) is 0.424. The quantitative estimate of drug-likeness (QED) is 0.176. The fraction of sp³-hybridized carbons (Fsp3) is 0.333. The van der Waals surface area contributed by atoms with Crippen LogP contribution in [0.1, 0.15) is 0 Å². The molecule has 0 rings (SSSR count). The highest BCUT2D eigenvalue weighted by Gasteiger charge is 2.20. The Hall–Kier alpha value is -1.09. The van der Waals surface area contributed by atoms with Crippen LogP contribution in [0.2, 0.25) is 0 Å². The van der Waals surface area contributed by atoms with Gasteiger partial charge in [0.25, 0.3) is 0 Å². The molecule has 0 aromatic heterocycles. The molecule has 0 fully saturated rings. The van der Waals surface area contributed by atoms with Gasteiger partial charge in [-0.25, -0.2) is 0 Å². The number of hydrogen-bond acceptors (Lipinski definition) is 1. The summed E-state index contributed by atoms with van der Waals surface area (Å²) in [5.74, 6) is 0. The van der Waals surface area contributed by atoms with Crippen LogP contribution < -0.4 is 0 Å². The predicted molar refractivity (Wildman–Crippen MR) is 24.3 cm³/mol. The molecule has 0 heterocycles. The number of azide groups is 1. The van der Waals surface area contributed by atoms with Crippen LogP contribution in [0.5, 0.6) is 0 Å². The Kier molecular flexibility index (Phi) is 1.97. The predicted octanol–water partition coefficient (Wildman–Crippen LogP) is 2.08. The molecule has 0 saturated heterocycles. The van der Waals surface area contributed by atoms with Crippen molar-refractivity contribution in [2.75, 3.05) is 0 Å². The molecule has 3 nitrogen and oxygen atoms in total. The Labute approximate surface area is 44.2 Å². The van der Waals surface area contributed by atoms with Crippen molar-refractivity contribution >= 4 is 0 Å². The van der Waals surface area contributed by atoms with Crippen molar-refractivity contribution in [2.45, 2.75) is 6.05 Å². The second kappa shape index (κ2) is 2.28. The summed E-state index contributed by atoms with van der Waals surface area (Å²) in [5.41, 5.74) is 7.46. The van der Waals surface area contributed by atoms with Gasteiger partial charge in [0.2, 0.25) is 0 Å². The summed E-state index contributed by atoms with van der Waals surface area (Å²) in [5, 5.41) is 2.10. The Morgan fingerprint density at radius 1 is 1.75 bits per heavy atom. The third-order valence-corrected chi connectivity index (χ3v) is 0.424. The first-order chi connectivity index (χ1) is 3.62. The van der Waals surface area contributed by atoms with Crippen molar-refractivity contribution in [1.82, 2.24) is 0 Å². The summed E-state index contributed by atoms with van der Waals surface area (Å²) in [7, 11) is 0. The molecule has 0 aliphatic heterocycles. The monoisotopic (exact) mass is 119 g/mol. The van der Waals surface area contributed by atoms with Crippen LogP contribution in [-0.2, 0) is 0 Å². The highest BCUT2D eigenvalue weighted by molar-refractivity contribution is 4.84. The largest absolute Gasteiger partial charge is 0.344 e. The van der Waals surface area contributed by atoms with E-state index in [9.17, 15) is 8.78 Å². The van der Waals surface area contributed by atoms with Crippen molar-refractivity contribution in [1.29, 1.82) is 0 Å². The van der Waals surface area contributed by atoms with E-state index in [4.69, 9.17) is 5.53 Å². The van der Waals surface area contributed by atoms with Crippen LogP contribution >= 0.6 is 0 Å². The maximum absolute atomic E-state index is 11.6. The highest BCUT2D eigenvalue weighted by Crippen LogP contribution is 2.14. The van der Waals surface area contributed by atoms with Crippen molar-refractivity contribution in [3.63, 3.8) is 0 Å². The number of rotatable bonds is 2. The summed E-state index contributed by atoms with van der Waals surface area (Å²) in [6.45, 7) is 2.74. The van der Waals surface area contributed by atoms with Crippen LogP contribution in [0.25, 0.3) is 10.4 Å². The van der Waals surface area contributed by atoms with E-state index in [-0.39, 0.29) is 6.08 Å². The molecule has 0 spiro atoms. The van der Waals surface area contributed by atoms with Crippen LogP contribution in [0.3, 0.4) is 0 Å². The van der Waals surface area contributed by atoms with Gasteiger partial charge in [0.05, 0.1) is 0 Å². The van der Waals surface area contributed by atoms with E-state index < -0.39 is 6.05 Å². The molecule has 44 valence electrons. The minimum Gasteiger partial charge on any atom is -0.195 e. The lowest BCUT2D eigenvalue weighted by atomic mass is 10.6. The molecule has 0 aliphatic rings. The van der Waals surface area contributed by atoms with E-state index in [0.717, 1.165) is 0 Å².